The van der Waals surface area contributed by atoms with Gasteiger partial charge < -0.3 is 135 Å². The maximum atomic E-state index is 14.1. The van der Waals surface area contributed by atoms with Crippen LogP contribution in [0.1, 0.15) is 160 Å². The van der Waals surface area contributed by atoms with Crippen molar-refractivity contribution in [2.45, 2.75) is 38.5 Å². The first-order chi connectivity index (χ1) is 65.3. The van der Waals surface area contributed by atoms with E-state index >= 15 is 0 Å². The number of phenolic OH excluding ortho intramolecular Hbond substituents is 1. The maximum Gasteiger partial charge on any atom is 0.292 e. The number of H-pyrrole nitrogens is 1. The number of amides is 15. The summed E-state index contributed by atoms with van der Waals surface area (Å²) in [4.78, 5) is 225. The number of imidazole rings is 5. The van der Waals surface area contributed by atoms with Gasteiger partial charge in [-0.3, -0.25) is 71.9 Å². The van der Waals surface area contributed by atoms with Crippen molar-refractivity contribution >= 4 is 191 Å². The van der Waals surface area contributed by atoms with Crippen molar-refractivity contribution in [1.82, 2.24) is 91.5 Å². The normalized spacial score (nSPS) is 12.1. The quantitative estimate of drug-likeness (QED) is 0.0149. The van der Waals surface area contributed by atoms with E-state index in [0.29, 0.717) is 40.2 Å². The molecule has 0 bridgehead atoms. The summed E-state index contributed by atoms with van der Waals surface area (Å²) >= 11 is 6.43. The molecule has 0 saturated carbocycles. The molecule has 11 aromatic heterocycles. The van der Waals surface area contributed by atoms with E-state index < -0.39 is 76.8 Å². The van der Waals surface area contributed by atoms with Gasteiger partial charge >= 0.3 is 0 Å². The van der Waals surface area contributed by atoms with Crippen LogP contribution in [-0.4, -0.2) is 201 Å². The van der Waals surface area contributed by atoms with Crippen LogP contribution in [0.25, 0.3) is 21.7 Å². The molecule has 1 atom stereocenters. The van der Waals surface area contributed by atoms with Crippen molar-refractivity contribution in [2.75, 3.05) is 95.4 Å². The molecule has 0 aliphatic carbocycles. The standard InChI is InChI=1S/C89H92ClN31O16/c1-45(122)94-65-40-118(9)76(103-65)86(134)99-52-29-59(111(2)38-52)79(127)92-23-21-72(126)102-66-41-119(10)78(104-66)88(136)110-69-44-120(11)77(107-69)87(135)100-53-31-63(115(6)39-53)83(131)109-67-42-116(7)74(105-67)84(132)91-22-14-17-70(124)95-49-28-62(113(4)35-49)82(130)108-68-43-117(8)75(106-68)85(133)93-24-20-71(125)96-50-27-60(112(3)36-50)81(129)98-51-30-61(114(5)37-51)80(128)97-48-19-18-46-25-57(101-56(46)26-48)89(137)121-34-47(33-90)73-55-16-13-12-15-54(55)64(123)32-58(73)121/h12-13,15-16,18-19,25-32,35-44,47,101,123H,14,17,20-24,33-34H2,1-11H3,(H,91,132)(H,92,127)(H,93,133)(H,94,122)(H,95,124)(H,96,125)(H,97,128)(H,98,129)(H,99,134)(H,100,135)(H,102,126)(H,108,130)(H,109,131)(H,110,136). The number of benzene rings is 3. The van der Waals surface area contributed by atoms with Crippen LogP contribution in [0.4, 0.5) is 68.9 Å². The molecule has 3 aromatic carbocycles. The number of phenols is 1. The largest absolute Gasteiger partial charge is 0.507 e. The number of aryl methyl sites for hydroxylation is 10. The number of aromatic hydroxyl groups is 1. The molecule has 1 aliphatic rings. The van der Waals surface area contributed by atoms with Crippen molar-refractivity contribution < 1.29 is 77.0 Å². The summed E-state index contributed by atoms with van der Waals surface area (Å²) in [5, 5.41) is 50.6. The van der Waals surface area contributed by atoms with Crippen molar-refractivity contribution in [2.24, 2.45) is 70.5 Å². The maximum absolute atomic E-state index is 14.1. The van der Waals surface area contributed by atoms with Gasteiger partial charge in [-0.25, -0.2) is 24.9 Å². The van der Waals surface area contributed by atoms with Crippen LogP contribution in [0.15, 0.2) is 147 Å². The van der Waals surface area contributed by atoms with Crippen molar-refractivity contribution in [3.63, 3.8) is 0 Å². The topological polar surface area (TPSA) is 577 Å². The SMILES string of the molecule is CC(=O)Nc1cn(C)c(C(=O)Nc2cc(C(=O)NCCC(=O)Nc3cn(C)c(C(=O)Nc4cn(C)c(C(=O)Nc5cc(C(=O)Nc6cn(C)c(C(=O)NCCCC(=O)Nc7cc(C(=O)Nc8cn(C)c(C(=O)NCCC(=O)Nc9cc(C(=O)Nc%10cc(C(=O)Nc%11ccc%12cc(C(=O)N%13CC(CCl)c%14c%13cc(O)c%13ccccc%14%13)[nH]c%12c%11)n(C)c%10)n(C)c9)n8)n(C)c7)n6)n(C)c5)n4)n3)n(C)c2)n1. The number of nitrogens with one attached hydrogen (secondary N) is 15. The van der Waals surface area contributed by atoms with E-state index in [1.165, 1.54) is 155 Å². The van der Waals surface area contributed by atoms with Crippen molar-refractivity contribution in [1.29, 1.82) is 0 Å². The zero-order valence-corrected chi connectivity index (χ0v) is 76.2. The summed E-state index contributed by atoms with van der Waals surface area (Å²) in [6.07, 6.45) is 14.5. The van der Waals surface area contributed by atoms with Gasteiger partial charge in [-0.15, -0.1) is 11.6 Å². The van der Waals surface area contributed by atoms with Crippen LogP contribution < -0.4 is 79.3 Å². The lowest BCUT2D eigenvalue weighted by atomic mass is 9.95. The minimum atomic E-state index is -0.740. The highest BCUT2D eigenvalue weighted by Crippen LogP contribution is 2.46. The van der Waals surface area contributed by atoms with Gasteiger partial charge in [0.15, 0.2) is 29.1 Å². The molecular formula is C89H92ClN31O16. The highest BCUT2D eigenvalue weighted by molar-refractivity contribution is 6.20. The number of carbonyl (C=O) groups excluding carboxylic acids is 15. The molecule has 0 spiro atoms. The van der Waals surface area contributed by atoms with E-state index in [1.54, 1.807) is 95.3 Å². The first-order valence-corrected chi connectivity index (χ1v) is 42.8. The Hall–Kier alpha value is -18.0. The molecule has 12 heterocycles. The summed E-state index contributed by atoms with van der Waals surface area (Å²) in [6.45, 7) is 1.46. The van der Waals surface area contributed by atoms with E-state index in [0.717, 1.165) is 16.3 Å². The molecule has 706 valence electrons. The van der Waals surface area contributed by atoms with Crippen LogP contribution in [0.2, 0.25) is 0 Å². The van der Waals surface area contributed by atoms with Gasteiger partial charge in [-0.2, -0.15) is 0 Å². The Kier molecular flexibility index (Phi) is 26.8. The average molecular weight is 1890 g/mol. The second-order valence-electron chi connectivity index (χ2n) is 32.4. The van der Waals surface area contributed by atoms with Crippen LogP contribution in [0.3, 0.4) is 0 Å². The second kappa shape index (κ2) is 39.2. The van der Waals surface area contributed by atoms with Gasteiger partial charge in [0.1, 0.15) is 39.9 Å². The van der Waals surface area contributed by atoms with Gasteiger partial charge in [0.25, 0.3) is 65.0 Å². The first-order valence-electron chi connectivity index (χ1n) is 42.3. The molecule has 1 aliphatic heterocycles. The summed E-state index contributed by atoms with van der Waals surface area (Å²) in [5.41, 5.74) is 4.93. The summed E-state index contributed by atoms with van der Waals surface area (Å²) in [7, 11) is 15.7. The van der Waals surface area contributed by atoms with E-state index in [2.05, 4.69) is 104 Å². The second-order valence-corrected chi connectivity index (χ2v) is 32.7. The molecule has 137 heavy (non-hydrogen) atoms. The van der Waals surface area contributed by atoms with Crippen LogP contribution in [0.5, 0.6) is 5.75 Å². The molecule has 0 saturated heterocycles. The molecule has 15 amide bonds. The van der Waals surface area contributed by atoms with Gasteiger partial charge in [-0.05, 0) is 65.9 Å². The van der Waals surface area contributed by atoms with Gasteiger partial charge in [-0.1, -0.05) is 30.3 Å². The van der Waals surface area contributed by atoms with Crippen LogP contribution in [-0.2, 0) is 89.7 Å². The molecule has 15 rings (SSSR count). The lowest BCUT2D eigenvalue weighted by Crippen LogP contribution is -2.30. The van der Waals surface area contributed by atoms with Crippen molar-refractivity contribution in [3.05, 3.63) is 216 Å². The fraction of sp³-hybridized carbons (Fsp3) is 0.236. The number of anilines is 12. The third kappa shape index (κ3) is 21.0. The fourth-order valence-corrected chi connectivity index (χ4v) is 15.9. The summed E-state index contributed by atoms with van der Waals surface area (Å²) in [5.74, 6) is -8.29. The van der Waals surface area contributed by atoms with Gasteiger partial charge in [0.05, 0.1) is 34.1 Å². The molecule has 1 unspecified atom stereocenters. The molecule has 48 heteroatoms. The van der Waals surface area contributed by atoms with E-state index in [1.807, 2.05) is 24.3 Å². The van der Waals surface area contributed by atoms with E-state index in [-0.39, 0.29) is 184 Å². The number of hydrogen-bond acceptors (Lipinski definition) is 21. The smallest absolute Gasteiger partial charge is 0.292 e. The number of carbonyl (C=O) groups is 15. The van der Waals surface area contributed by atoms with Gasteiger partial charge in [0.2, 0.25) is 52.8 Å². The average Bonchev–Trinajstić information content (AvgIpc) is 1.59. The number of aromatic nitrogens is 16. The lowest BCUT2D eigenvalue weighted by molar-refractivity contribution is -0.117. The van der Waals surface area contributed by atoms with E-state index in [4.69, 9.17) is 11.6 Å². The molecule has 14 aromatic rings. The number of nitrogens with zero attached hydrogens (tertiary/aromatic N) is 16. The number of alkyl halides is 1. The predicted molar refractivity (Wildman–Crippen MR) is 503 cm³/mol. The number of hydrogen-bond donors (Lipinski definition) is 16. The molecule has 0 radical (unpaired) electrons. The number of halogens is 1. The van der Waals surface area contributed by atoms with E-state index in [9.17, 15) is 77.0 Å². The molecule has 0 fully saturated rings. The van der Waals surface area contributed by atoms with Crippen molar-refractivity contribution in [3.8, 4) is 5.75 Å². The summed E-state index contributed by atoms with van der Waals surface area (Å²) in [6, 6.07) is 23.2. The van der Waals surface area contributed by atoms with Crippen LogP contribution >= 0.6 is 11.6 Å². The number of rotatable bonds is 33. The molecular weight excluding hydrogens is 1790 g/mol. The molecule has 16 N–H and O–H groups in total. The molecule has 47 nitrogen and oxygen atoms in total. The Morgan fingerprint density at radius 1 is 0.365 bits per heavy atom. The first kappa shape index (κ1) is 93.7. The highest BCUT2D eigenvalue weighted by Gasteiger charge is 2.37. The Morgan fingerprint density at radius 2 is 0.723 bits per heavy atom. The number of aromatic amines is 1. The van der Waals surface area contributed by atoms with Crippen LogP contribution in [0, 0.1) is 0 Å². The lowest BCUT2D eigenvalue weighted by Gasteiger charge is -2.17. The highest BCUT2D eigenvalue weighted by atomic mass is 35.5. The minimum absolute atomic E-state index is 0.00981. The zero-order chi connectivity index (χ0) is 97.8. The third-order valence-corrected chi connectivity index (χ3v) is 22.4. The monoisotopic (exact) mass is 1890 g/mol. The fourth-order valence-electron chi connectivity index (χ4n) is 15.6. The Bertz CT molecular complexity index is 7290. The predicted octanol–water partition coefficient (Wildman–Crippen LogP) is 6.76. The van der Waals surface area contributed by atoms with Gasteiger partial charge in [0, 0.05) is 225 Å². The Balaban J connectivity index is 0.445. The Morgan fingerprint density at radius 3 is 1.18 bits per heavy atom. The third-order valence-electron chi connectivity index (χ3n) is 22.1. The number of fused-ring (bicyclic) bond motifs is 4. The summed E-state index contributed by atoms with van der Waals surface area (Å²) < 4.78 is 14.4. The Labute approximate surface area is 781 Å². The zero-order valence-electron chi connectivity index (χ0n) is 75.4. The minimum Gasteiger partial charge on any atom is -0.507 e.